The van der Waals surface area contributed by atoms with Gasteiger partial charge in [0, 0.05) is 11.5 Å². The molecule has 1 aromatic carbocycles. The first-order valence-electron chi connectivity index (χ1n) is 4.99. The maximum atomic E-state index is 11.1. The molecule has 0 saturated carbocycles. The molecule has 16 heavy (non-hydrogen) atoms. The largest absolute Gasteiger partial charge is 0.393 e. The van der Waals surface area contributed by atoms with Crippen molar-refractivity contribution < 1.29 is 14.3 Å². The number of ether oxygens (including phenoxy) is 1. The fourth-order valence-electron chi connectivity index (χ4n) is 1.80. The van der Waals surface area contributed by atoms with Crippen LogP contribution >= 0.6 is 0 Å². The number of cyclic esters (lactones) is 2. The van der Waals surface area contributed by atoms with E-state index in [4.69, 9.17) is 6.42 Å². The van der Waals surface area contributed by atoms with Crippen LogP contribution in [0.1, 0.15) is 29.9 Å². The summed E-state index contributed by atoms with van der Waals surface area (Å²) in [7, 11) is 0. The molecule has 1 aromatic rings. The van der Waals surface area contributed by atoms with Crippen LogP contribution in [-0.4, -0.2) is 11.9 Å². The van der Waals surface area contributed by atoms with Gasteiger partial charge in [0.2, 0.25) is 0 Å². The van der Waals surface area contributed by atoms with Gasteiger partial charge in [-0.1, -0.05) is 18.1 Å². The summed E-state index contributed by atoms with van der Waals surface area (Å²) in [5.74, 6) is 1.49. The number of hydrogen-bond donors (Lipinski definition) is 0. The highest BCUT2D eigenvalue weighted by molar-refractivity contribution is 5.89. The van der Waals surface area contributed by atoms with E-state index in [9.17, 15) is 9.59 Å². The van der Waals surface area contributed by atoms with Crippen LogP contribution in [0, 0.1) is 12.3 Å². The summed E-state index contributed by atoms with van der Waals surface area (Å²) < 4.78 is 4.48. The molecule has 3 nitrogen and oxygen atoms in total. The average Bonchev–Trinajstić information content (AvgIpc) is 2.28. The van der Waals surface area contributed by atoms with E-state index >= 15 is 0 Å². The normalized spacial score (nSPS) is 16.7. The predicted octanol–water partition coefficient (Wildman–Crippen LogP) is 1.62. The Kier molecular flexibility index (Phi) is 2.74. The second kappa shape index (κ2) is 4.19. The Hall–Kier alpha value is -2.08. The Morgan fingerprint density at radius 1 is 1.25 bits per heavy atom. The lowest BCUT2D eigenvalue weighted by Crippen LogP contribution is -2.24. The first-order valence-corrected chi connectivity index (χ1v) is 4.99. The van der Waals surface area contributed by atoms with Gasteiger partial charge in [0.25, 0.3) is 0 Å². The molecule has 1 heterocycles. The number of carbonyl (C=O) groups is 2. The highest BCUT2D eigenvalue weighted by Gasteiger charge is 2.28. The third-order valence-electron chi connectivity index (χ3n) is 2.58. The maximum absolute atomic E-state index is 11.1. The lowest BCUT2D eigenvalue weighted by molar-refractivity contribution is -0.163. The Morgan fingerprint density at radius 3 is 2.56 bits per heavy atom. The Labute approximate surface area is 93.4 Å². The van der Waals surface area contributed by atoms with E-state index in [1.807, 2.05) is 24.3 Å². The van der Waals surface area contributed by atoms with Gasteiger partial charge in [0.1, 0.15) is 0 Å². The molecule has 1 aliphatic rings. The molecule has 1 fully saturated rings. The fraction of sp³-hybridized carbons (Fsp3) is 0.231. The summed E-state index contributed by atoms with van der Waals surface area (Å²) in [6.07, 6.45) is 5.77. The van der Waals surface area contributed by atoms with E-state index in [0.29, 0.717) is 0 Å². The van der Waals surface area contributed by atoms with Gasteiger partial charge in [-0.3, -0.25) is 9.59 Å². The van der Waals surface area contributed by atoms with Crippen molar-refractivity contribution in [2.75, 3.05) is 0 Å². The minimum Gasteiger partial charge on any atom is -0.393 e. The molecule has 0 N–H and O–H groups in total. The first kappa shape index (κ1) is 10.4. The molecule has 0 aromatic heterocycles. The fourth-order valence-corrected chi connectivity index (χ4v) is 1.80. The van der Waals surface area contributed by atoms with Crippen molar-refractivity contribution in [1.82, 2.24) is 0 Å². The molecule has 80 valence electrons. The molecule has 0 spiro atoms. The number of esters is 2. The van der Waals surface area contributed by atoms with Crippen LogP contribution in [0.25, 0.3) is 0 Å². The number of benzene rings is 1. The minimum absolute atomic E-state index is 0.109. The van der Waals surface area contributed by atoms with Crippen molar-refractivity contribution in [3.63, 3.8) is 0 Å². The zero-order valence-electron chi connectivity index (χ0n) is 8.60. The molecule has 0 unspecified atom stereocenters. The number of carbonyl (C=O) groups excluding carboxylic acids is 2. The van der Waals surface area contributed by atoms with E-state index in [1.165, 1.54) is 0 Å². The molecule has 1 saturated heterocycles. The van der Waals surface area contributed by atoms with Gasteiger partial charge in [0.15, 0.2) is 0 Å². The summed E-state index contributed by atoms with van der Waals surface area (Å²) in [6.45, 7) is 0. The van der Waals surface area contributed by atoms with Crippen molar-refractivity contribution in [2.45, 2.75) is 18.8 Å². The average molecular weight is 214 g/mol. The molecular weight excluding hydrogens is 204 g/mol. The standard InChI is InChI=1S/C13H10O3/c1-2-9-4-3-5-10(6-9)11-7-12(14)16-13(15)8-11/h1,3-6,11H,7-8H2. The number of rotatable bonds is 1. The topological polar surface area (TPSA) is 43.4 Å². The van der Waals surface area contributed by atoms with Crippen LogP contribution in [-0.2, 0) is 14.3 Å². The lowest BCUT2D eigenvalue weighted by atomic mass is 9.90. The zero-order chi connectivity index (χ0) is 11.5. The monoisotopic (exact) mass is 214 g/mol. The van der Waals surface area contributed by atoms with Crippen LogP contribution in [0.5, 0.6) is 0 Å². The maximum Gasteiger partial charge on any atom is 0.314 e. The first-order chi connectivity index (χ1) is 7.69. The summed E-state index contributed by atoms with van der Waals surface area (Å²) in [4.78, 5) is 22.3. The van der Waals surface area contributed by atoms with Crippen molar-refractivity contribution in [1.29, 1.82) is 0 Å². The third-order valence-corrected chi connectivity index (χ3v) is 2.58. The molecule has 1 aliphatic heterocycles. The molecule has 0 bridgehead atoms. The molecule has 3 heteroatoms. The smallest absolute Gasteiger partial charge is 0.314 e. The van der Waals surface area contributed by atoms with Gasteiger partial charge < -0.3 is 4.74 Å². The highest BCUT2D eigenvalue weighted by Crippen LogP contribution is 2.28. The third kappa shape index (κ3) is 2.12. The summed E-state index contributed by atoms with van der Waals surface area (Å²) in [5.41, 5.74) is 1.67. The quantitative estimate of drug-likeness (QED) is 0.405. The van der Waals surface area contributed by atoms with E-state index < -0.39 is 11.9 Å². The highest BCUT2D eigenvalue weighted by atomic mass is 16.6. The van der Waals surface area contributed by atoms with Crippen LogP contribution in [0.2, 0.25) is 0 Å². The van der Waals surface area contributed by atoms with E-state index in [2.05, 4.69) is 10.7 Å². The Bertz CT molecular complexity index is 466. The van der Waals surface area contributed by atoms with Crippen LogP contribution in [0.15, 0.2) is 24.3 Å². The van der Waals surface area contributed by atoms with Gasteiger partial charge in [-0.25, -0.2) is 0 Å². The molecular formula is C13H10O3. The SMILES string of the molecule is C#Cc1cccc(C2CC(=O)OC(=O)C2)c1. The van der Waals surface area contributed by atoms with Crippen LogP contribution < -0.4 is 0 Å². The zero-order valence-corrected chi connectivity index (χ0v) is 8.60. The molecule has 2 rings (SSSR count). The summed E-state index contributed by atoms with van der Waals surface area (Å²) in [5, 5.41) is 0. The number of terminal acetylenes is 1. The van der Waals surface area contributed by atoms with E-state index in [0.717, 1.165) is 11.1 Å². The van der Waals surface area contributed by atoms with Crippen molar-refractivity contribution in [2.24, 2.45) is 0 Å². The van der Waals surface area contributed by atoms with E-state index in [1.54, 1.807) is 0 Å². The van der Waals surface area contributed by atoms with Gasteiger partial charge in [-0.15, -0.1) is 6.42 Å². The van der Waals surface area contributed by atoms with Crippen LogP contribution in [0.3, 0.4) is 0 Å². The van der Waals surface area contributed by atoms with Crippen molar-refractivity contribution in [3.05, 3.63) is 35.4 Å². The number of hydrogen-bond acceptors (Lipinski definition) is 3. The van der Waals surface area contributed by atoms with Gasteiger partial charge in [-0.2, -0.15) is 0 Å². The van der Waals surface area contributed by atoms with Gasteiger partial charge in [-0.05, 0) is 17.7 Å². The molecule has 0 amide bonds. The van der Waals surface area contributed by atoms with Crippen molar-refractivity contribution >= 4 is 11.9 Å². The second-order valence-corrected chi connectivity index (χ2v) is 3.72. The Balaban J connectivity index is 2.26. The molecule has 0 aliphatic carbocycles. The van der Waals surface area contributed by atoms with Crippen molar-refractivity contribution in [3.8, 4) is 12.3 Å². The lowest BCUT2D eigenvalue weighted by Gasteiger charge is -2.20. The molecule has 0 radical (unpaired) electrons. The summed E-state index contributed by atoms with van der Waals surface area (Å²) in [6, 6.07) is 7.34. The predicted molar refractivity (Wildman–Crippen MR) is 57.5 cm³/mol. The van der Waals surface area contributed by atoms with Gasteiger partial charge in [0.05, 0.1) is 12.8 Å². The van der Waals surface area contributed by atoms with Crippen LogP contribution in [0.4, 0.5) is 0 Å². The second-order valence-electron chi connectivity index (χ2n) is 3.72. The summed E-state index contributed by atoms with van der Waals surface area (Å²) >= 11 is 0. The van der Waals surface area contributed by atoms with Gasteiger partial charge >= 0.3 is 11.9 Å². The Morgan fingerprint density at radius 2 is 1.94 bits per heavy atom. The van der Waals surface area contributed by atoms with E-state index in [-0.39, 0.29) is 18.8 Å². The minimum atomic E-state index is -0.465. The molecule has 0 atom stereocenters.